The van der Waals surface area contributed by atoms with Crippen molar-refractivity contribution in [3.8, 4) is 0 Å². The minimum absolute atomic E-state index is 0.0103. The molecule has 2 rings (SSSR count). The number of aryl methyl sites for hydroxylation is 2. The minimum atomic E-state index is -3.47. The second-order valence-corrected chi connectivity index (χ2v) is 9.40. The molecule has 6 nitrogen and oxygen atoms in total. The van der Waals surface area contributed by atoms with Crippen LogP contribution in [-0.2, 0) is 14.8 Å². The first-order chi connectivity index (χ1) is 12.2. The van der Waals surface area contributed by atoms with Crippen LogP contribution < -0.4 is 5.32 Å². The third-order valence-corrected chi connectivity index (χ3v) is 6.75. The molecule has 1 aromatic rings. The molecule has 1 amide bonds. The van der Waals surface area contributed by atoms with Gasteiger partial charge >= 0.3 is 0 Å². The molecular formula is C19H31N3O3S. The summed E-state index contributed by atoms with van der Waals surface area (Å²) in [5.41, 5.74) is 2.06. The van der Waals surface area contributed by atoms with E-state index in [-0.39, 0.29) is 5.91 Å². The van der Waals surface area contributed by atoms with Gasteiger partial charge in [0.2, 0.25) is 15.9 Å². The molecular weight excluding hydrogens is 350 g/mol. The molecule has 0 aliphatic carbocycles. The van der Waals surface area contributed by atoms with E-state index in [9.17, 15) is 13.2 Å². The molecule has 0 bridgehead atoms. The van der Waals surface area contributed by atoms with Crippen molar-refractivity contribution in [2.75, 3.05) is 39.3 Å². The molecule has 0 atom stereocenters. The Hall–Kier alpha value is -1.44. The Morgan fingerprint density at radius 2 is 1.77 bits per heavy atom. The Labute approximate surface area is 157 Å². The van der Waals surface area contributed by atoms with Gasteiger partial charge in [0.1, 0.15) is 0 Å². The molecule has 1 aromatic carbocycles. The zero-order chi connectivity index (χ0) is 19.3. The standard InChI is InChI=1S/C19H31N3O3S/c1-15(2)7-8-20-19(23)14-21-9-11-22(12-10-21)26(24,25)18-6-5-16(3)17(4)13-18/h5-6,13,15H,7-12,14H2,1-4H3,(H,20,23). The molecule has 1 N–H and O–H groups in total. The lowest BCUT2D eigenvalue weighted by molar-refractivity contribution is -0.122. The molecule has 1 fully saturated rings. The number of sulfonamides is 1. The first-order valence-corrected chi connectivity index (χ1v) is 10.7. The van der Waals surface area contributed by atoms with Crippen molar-refractivity contribution >= 4 is 15.9 Å². The highest BCUT2D eigenvalue weighted by Crippen LogP contribution is 2.20. The number of hydrogen-bond acceptors (Lipinski definition) is 4. The third-order valence-electron chi connectivity index (χ3n) is 4.86. The topological polar surface area (TPSA) is 69.7 Å². The lowest BCUT2D eigenvalue weighted by Gasteiger charge is -2.33. The first-order valence-electron chi connectivity index (χ1n) is 9.26. The molecule has 0 unspecified atom stereocenters. The summed E-state index contributed by atoms with van der Waals surface area (Å²) in [6.07, 6.45) is 0.966. The van der Waals surface area contributed by atoms with Crippen molar-refractivity contribution in [1.29, 1.82) is 0 Å². The predicted molar refractivity (Wildman–Crippen MR) is 104 cm³/mol. The van der Waals surface area contributed by atoms with E-state index in [2.05, 4.69) is 19.2 Å². The van der Waals surface area contributed by atoms with Crippen LogP contribution in [-0.4, -0.2) is 62.8 Å². The average Bonchev–Trinajstić information content (AvgIpc) is 2.57. The van der Waals surface area contributed by atoms with E-state index in [1.165, 1.54) is 4.31 Å². The van der Waals surface area contributed by atoms with Gasteiger partial charge in [0.15, 0.2) is 0 Å². The fraction of sp³-hybridized carbons (Fsp3) is 0.632. The summed E-state index contributed by atoms with van der Waals surface area (Å²) in [6.45, 7) is 11.1. The number of piperazine rings is 1. The summed E-state index contributed by atoms with van der Waals surface area (Å²) in [6, 6.07) is 5.26. The molecule has 26 heavy (non-hydrogen) atoms. The lowest BCUT2D eigenvalue weighted by atomic mass is 10.1. The van der Waals surface area contributed by atoms with Gasteiger partial charge in [-0.3, -0.25) is 9.69 Å². The number of hydrogen-bond donors (Lipinski definition) is 1. The smallest absolute Gasteiger partial charge is 0.243 e. The Morgan fingerprint density at radius 3 is 2.35 bits per heavy atom. The Kier molecular flexibility index (Phi) is 7.20. The van der Waals surface area contributed by atoms with Crippen molar-refractivity contribution in [1.82, 2.24) is 14.5 Å². The zero-order valence-corrected chi connectivity index (χ0v) is 17.1. The monoisotopic (exact) mass is 381 g/mol. The maximum Gasteiger partial charge on any atom is 0.243 e. The Morgan fingerprint density at radius 1 is 1.12 bits per heavy atom. The van der Waals surface area contributed by atoms with E-state index in [1.807, 2.05) is 24.8 Å². The van der Waals surface area contributed by atoms with Crippen LogP contribution in [0.5, 0.6) is 0 Å². The first kappa shape index (κ1) is 20.9. The van der Waals surface area contributed by atoms with E-state index in [0.29, 0.717) is 50.1 Å². The Bertz CT molecular complexity index is 724. The average molecular weight is 382 g/mol. The molecule has 1 aliphatic rings. The molecule has 146 valence electrons. The van der Waals surface area contributed by atoms with E-state index in [1.54, 1.807) is 12.1 Å². The second kappa shape index (κ2) is 8.97. The van der Waals surface area contributed by atoms with Crippen LogP contribution in [0.25, 0.3) is 0 Å². The molecule has 0 aromatic heterocycles. The normalized spacial score (nSPS) is 16.8. The number of carbonyl (C=O) groups is 1. The minimum Gasteiger partial charge on any atom is -0.355 e. The SMILES string of the molecule is Cc1ccc(S(=O)(=O)N2CCN(CC(=O)NCCC(C)C)CC2)cc1C. The van der Waals surface area contributed by atoms with Crippen LogP contribution >= 0.6 is 0 Å². The molecule has 1 heterocycles. The highest BCUT2D eigenvalue weighted by molar-refractivity contribution is 7.89. The fourth-order valence-corrected chi connectivity index (χ4v) is 4.42. The van der Waals surface area contributed by atoms with Crippen LogP contribution in [0.2, 0.25) is 0 Å². The summed E-state index contributed by atoms with van der Waals surface area (Å²) in [5, 5.41) is 2.93. The van der Waals surface area contributed by atoms with Crippen LogP contribution in [0.15, 0.2) is 23.1 Å². The summed E-state index contributed by atoms with van der Waals surface area (Å²) in [5.74, 6) is 0.575. The van der Waals surface area contributed by atoms with E-state index >= 15 is 0 Å². The van der Waals surface area contributed by atoms with Crippen molar-refractivity contribution in [2.24, 2.45) is 5.92 Å². The number of amides is 1. The van der Waals surface area contributed by atoms with Crippen LogP contribution in [0.4, 0.5) is 0 Å². The highest BCUT2D eigenvalue weighted by atomic mass is 32.2. The van der Waals surface area contributed by atoms with Gasteiger partial charge in [-0.1, -0.05) is 19.9 Å². The summed E-state index contributed by atoms with van der Waals surface area (Å²) in [4.78, 5) is 14.3. The van der Waals surface area contributed by atoms with Crippen molar-refractivity contribution in [3.63, 3.8) is 0 Å². The van der Waals surface area contributed by atoms with Crippen molar-refractivity contribution < 1.29 is 13.2 Å². The molecule has 7 heteroatoms. The Balaban J connectivity index is 1.87. The van der Waals surface area contributed by atoms with Crippen LogP contribution in [0.1, 0.15) is 31.4 Å². The molecule has 0 saturated carbocycles. The molecule has 1 aliphatic heterocycles. The number of rotatable bonds is 7. The summed E-state index contributed by atoms with van der Waals surface area (Å²) < 4.78 is 27.1. The lowest BCUT2D eigenvalue weighted by Crippen LogP contribution is -2.51. The summed E-state index contributed by atoms with van der Waals surface area (Å²) in [7, 11) is -3.47. The largest absolute Gasteiger partial charge is 0.355 e. The number of nitrogens with zero attached hydrogens (tertiary/aromatic N) is 2. The van der Waals surface area contributed by atoms with Crippen LogP contribution in [0.3, 0.4) is 0 Å². The number of carbonyl (C=O) groups excluding carboxylic acids is 1. The van der Waals surface area contributed by atoms with Gasteiger partial charge in [-0.2, -0.15) is 4.31 Å². The third kappa shape index (κ3) is 5.53. The van der Waals surface area contributed by atoms with Gasteiger partial charge in [-0.15, -0.1) is 0 Å². The maximum absolute atomic E-state index is 12.8. The number of nitrogens with one attached hydrogen (secondary N) is 1. The van der Waals surface area contributed by atoms with Gasteiger partial charge < -0.3 is 5.32 Å². The highest BCUT2D eigenvalue weighted by Gasteiger charge is 2.29. The van der Waals surface area contributed by atoms with E-state index in [0.717, 1.165) is 17.5 Å². The maximum atomic E-state index is 12.8. The van der Waals surface area contributed by atoms with Gasteiger partial charge in [-0.05, 0) is 49.4 Å². The summed E-state index contributed by atoms with van der Waals surface area (Å²) >= 11 is 0. The van der Waals surface area contributed by atoms with E-state index in [4.69, 9.17) is 0 Å². The van der Waals surface area contributed by atoms with Crippen LogP contribution in [0, 0.1) is 19.8 Å². The quantitative estimate of drug-likeness (QED) is 0.782. The number of benzene rings is 1. The molecule has 1 saturated heterocycles. The van der Waals surface area contributed by atoms with E-state index < -0.39 is 10.0 Å². The van der Waals surface area contributed by atoms with Gasteiger partial charge in [0.05, 0.1) is 11.4 Å². The van der Waals surface area contributed by atoms with Gasteiger partial charge in [0, 0.05) is 32.7 Å². The molecule has 0 radical (unpaired) electrons. The van der Waals surface area contributed by atoms with Gasteiger partial charge in [0.25, 0.3) is 0 Å². The van der Waals surface area contributed by atoms with Crippen molar-refractivity contribution in [2.45, 2.75) is 39.0 Å². The predicted octanol–water partition coefficient (Wildman–Crippen LogP) is 1.77. The zero-order valence-electron chi connectivity index (χ0n) is 16.3. The van der Waals surface area contributed by atoms with Crippen molar-refractivity contribution in [3.05, 3.63) is 29.3 Å². The molecule has 0 spiro atoms. The fourth-order valence-electron chi connectivity index (χ4n) is 2.91. The second-order valence-electron chi connectivity index (χ2n) is 7.46. The van der Waals surface area contributed by atoms with Gasteiger partial charge in [-0.25, -0.2) is 8.42 Å².